The summed E-state index contributed by atoms with van der Waals surface area (Å²) in [4.78, 5) is 42.1. The van der Waals surface area contributed by atoms with E-state index in [1.54, 1.807) is 23.6 Å². The van der Waals surface area contributed by atoms with Crippen LogP contribution in [-0.2, 0) is 42.7 Å². The molecule has 44 heavy (non-hydrogen) atoms. The first kappa shape index (κ1) is 34.0. The summed E-state index contributed by atoms with van der Waals surface area (Å²) in [6.45, 7) is 15.5. The van der Waals surface area contributed by atoms with E-state index in [1.165, 1.54) is 26.4 Å². The zero-order valence-electron chi connectivity index (χ0n) is 27.7. The van der Waals surface area contributed by atoms with Crippen molar-refractivity contribution < 1.29 is 52.3 Å². The van der Waals surface area contributed by atoms with Gasteiger partial charge in [0.05, 0.1) is 0 Å². The molecule has 13 nitrogen and oxygen atoms in total. The van der Waals surface area contributed by atoms with Crippen LogP contribution in [0, 0.1) is 0 Å². The topological polar surface area (TPSA) is 132 Å². The van der Waals surface area contributed by atoms with Crippen molar-refractivity contribution in [1.82, 2.24) is 9.80 Å². The van der Waals surface area contributed by atoms with Gasteiger partial charge >= 0.3 is 24.1 Å². The molecule has 2 atom stereocenters. The normalized spacial score (nSPS) is 30.0. The summed E-state index contributed by atoms with van der Waals surface area (Å²) >= 11 is 0. The van der Waals surface area contributed by atoms with Crippen LogP contribution in [-0.4, -0.2) is 103 Å². The van der Waals surface area contributed by atoms with E-state index < -0.39 is 52.3 Å². The van der Waals surface area contributed by atoms with Crippen LogP contribution in [0.15, 0.2) is 23.7 Å². The fraction of sp³-hybridized carbons (Fsp3) is 0.774. The van der Waals surface area contributed by atoms with Gasteiger partial charge in [-0.3, -0.25) is 4.79 Å². The lowest BCUT2D eigenvalue weighted by Gasteiger charge is -2.38. The van der Waals surface area contributed by atoms with Gasteiger partial charge in [-0.1, -0.05) is 0 Å². The molecule has 0 radical (unpaired) electrons. The zero-order chi connectivity index (χ0) is 32.8. The van der Waals surface area contributed by atoms with E-state index in [4.69, 9.17) is 37.9 Å². The Kier molecular flexibility index (Phi) is 9.13. The van der Waals surface area contributed by atoms with Crippen LogP contribution >= 0.6 is 0 Å². The van der Waals surface area contributed by atoms with Crippen LogP contribution in [0.5, 0.6) is 0 Å². The smallest absolute Gasteiger partial charge is 0.410 e. The van der Waals surface area contributed by atoms with Crippen LogP contribution in [0.4, 0.5) is 9.59 Å². The molecular formula is C31H48N2O11. The number of likely N-dealkylation sites (tertiary alicyclic amines) is 2. The van der Waals surface area contributed by atoms with E-state index in [-0.39, 0.29) is 0 Å². The molecule has 4 rings (SSSR count). The number of hydrogen-bond acceptors (Lipinski definition) is 11. The molecule has 4 fully saturated rings. The standard InChI is InChI=1S/C31H48N2O11/c1-26(2,3)41-24(35)32-15-11-30(12-16-32)22(39-28(7,37-9)43-30)19-21(34)20-23-31(44-29(8,38-10)40-23)13-17-33(18-14-31)25(36)42-27(4,5)6/h19-20H,11-18H2,1-10H3/b22-19-,23-20-. The molecule has 4 heterocycles. The maximum absolute atomic E-state index is 13.6. The second kappa shape index (κ2) is 11.8. The Morgan fingerprint density at radius 2 is 0.977 bits per heavy atom. The first-order valence-electron chi connectivity index (χ1n) is 15.1. The van der Waals surface area contributed by atoms with Crippen molar-refractivity contribution in [2.24, 2.45) is 0 Å². The van der Waals surface area contributed by atoms with Gasteiger partial charge in [0.15, 0.2) is 5.78 Å². The third-order valence-corrected chi connectivity index (χ3v) is 7.98. The van der Waals surface area contributed by atoms with Crippen molar-refractivity contribution in [3.05, 3.63) is 23.7 Å². The number of ketones is 1. The van der Waals surface area contributed by atoms with E-state index in [0.717, 1.165) is 0 Å². The molecule has 0 aromatic rings. The van der Waals surface area contributed by atoms with Crippen LogP contribution in [0.25, 0.3) is 0 Å². The van der Waals surface area contributed by atoms with E-state index in [2.05, 4.69) is 0 Å². The summed E-state index contributed by atoms with van der Waals surface area (Å²) in [6.07, 6.45) is 3.40. The largest absolute Gasteiger partial charge is 0.444 e. The van der Waals surface area contributed by atoms with Crippen molar-refractivity contribution in [3.8, 4) is 0 Å². The Hall–Kier alpha value is -2.87. The zero-order valence-corrected chi connectivity index (χ0v) is 27.7. The Morgan fingerprint density at radius 1 is 0.659 bits per heavy atom. The molecule has 4 aliphatic rings. The maximum atomic E-state index is 13.6. The van der Waals surface area contributed by atoms with Gasteiger partial charge in [0.25, 0.3) is 0 Å². The Labute approximate surface area is 259 Å². The lowest BCUT2D eigenvalue weighted by atomic mass is 9.87. The van der Waals surface area contributed by atoms with Crippen molar-refractivity contribution in [1.29, 1.82) is 0 Å². The molecule has 0 aromatic carbocycles. The Balaban J connectivity index is 1.54. The van der Waals surface area contributed by atoms with Gasteiger partial charge < -0.3 is 47.7 Å². The number of ether oxygens (including phenoxy) is 8. The van der Waals surface area contributed by atoms with Gasteiger partial charge in [0.2, 0.25) is 0 Å². The van der Waals surface area contributed by atoms with Gasteiger partial charge in [-0.15, -0.1) is 0 Å². The maximum Gasteiger partial charge on any atom is 0.410 e. The van der Waals surface area contributed by atoms with Gasteiger partial charge in [-0.05, 0) is 41.5 Å². The highest BCUT2D eigenvalue weighted by atomic mass is 16.9. The second-order valence-corrected chi connectivity index (χ2v) is 13.9. The molecule has 0 bridgehead atoms. The predicted molar refractivity (Wildman–Crippen MR) is 156 cm³/mol. The average molecular weight is 625 g/mol. The SMILES string of the molecule is COC1(C)O/C(=C\C(=O)/C=C2\OC(C)(OC)OC23CCN(C(=O)OC(C)(C)C)CC3)C2(CCN(C(=O)OC(C)(C)C)CC2)O1. The third-order valence-electron chi connectivity index (χ3n) is 7.98. The highest BCUT2D eigenvalue weighted by Crippen LogP contribution is 2.48. The fourth-order valence-electron chi connectivity index (χ4n) is 5.68. The number of amides is 2. The van der Waals surface area contributed by atoms with Crippen LogP contribution in [0.3, 0.4) is 0 Å². The van der Waals surface area contributed by atoms with E-state index in [9.17, 15) is 14.4 Å². The number of allylic oxidation sites excluding steroid dienone is 2. The molecule has 13 heteroatoms. The minimum atomic E-state index is -1.41. The molecule has 2 unspecified atom stereocenters. The predicted octanol–water partition coefficient (Wildman–Crippen LogP) is 4.60. The van der Waals surface area contributed by atoms with E-state index >= 15 is 0 Å². The number of carbonyl (C=O) groups is 3. The van der Waals surface area contributed by atoms with Crippen molar-refractivity contribution >= 4 is 18.0 Å². The fourth-order valence-corrected chi connectivity index (χ4v) is 5.68. The molecule has 4 saturated heterocycles. The minimum absolute atomic E-state index is 0.301. The summed E-state index contributed by atoms with van der Waals surface area (Å²) in [5.41, 5.74) is -3.20. The summed E-state index contributed by atoms with van der Waals surface area (Å²) in [5.74, 6) is -2.63. The summed E-state index contributed by atoms with van der Waals surface area (Å²) in [6, 6.07) is 0. The van der Waals surface area contributed by atoms with Gasteiger partial charge in [-0.25, -0.2) is 9.59 Å². The van der Waals surface area contributed by atoms with Crippen molar-refractivity contribution in [3.63, 3.8) is 0 Å². The number of methoxy groups -OCH3 is 2. The van der Waals surface area contributed by atoms with Crippen LogP contribution < -0.4 is 0 Å². The molecule has 4 aliphatic heterocycles. The van der Waals surface area contributed by atoms with Gasteiger partial charge in [0.1, 0.15) is 33.9 Å². The highest BCUT2D eigenvalue weighted by Gasteiger charge is 2.57. The number of hydrogen-bond donors (Lipinski definition) is 0. The van der Waals surface area contributed by atoms with Crippen LogP contribution in [0.2, 0.25) is 0 Å². The lowest BCUT2D eigenvalue weighted by molar-refractivity contribution is -0.324. The molecule has 2 amide bonds. The molecule has 0 aromatic heterocycles. The first-order chi connectivity index (χ1) is 20.2. The molecule has 0 N–H and O–H groups in total. The third kappa shape index (κ3) is 7.49. The van der Waals surface area contributed by atoms with E-state index in [1.807, 2.05) is 41.5 Å². The van der Waals surface area contributed by atoms with Gasteiger partial charge in [-0.2, -0.15) is 0 Å². The van der Waals surface area contributed by atoms with E-state index in [0.29, 0.717) is 63.4 Å². The molecule has 248 valence electrons. The van der Waals surface area contributed by atoms with Crippen LogP contribution in [0.1, 0.15) is 81.1 Å². The Morgan fingerprint density at radius 3 is 1.25 bits per heavy atom. The molecule has 0 saturated carbocycles. The summed E-state index contributed by atoms with van der Waals surface area (Å²) < 4.78 is 46.7. The van der Waals surface area contributed by atoms with Gasteiger partial charge in [0, 0.05) is 92.1 Å². The van der Waals surface area contributed by atoms with Crippen molar-refractivity contribution in [2.45, 2.75) is 115 Å². The second-order valence-electron chi connectivity index (χ2n) is 13.9. The summed E-state index contributed by atoms with van der Waals surface area (Å²) in [7, 11) is 2.91. The number of rotatable bonds is 4. The number of carbonyl (C=O) groups excluding carboxylic acids is 3. The Bertz CT molecular complexity index is 1090. The molecule has 0 aliphatic carbocycles. The summed E-state index contributed by atoms with van der Waals surface area (Å²) in [5, 5.41) is 0. The average Bonchev–Trinajstić information content (AvgIpc) is 3.33. The molecular weight excluding hydrogens is 576 g/mol. The lowest BCUT2D eigenvalue weighted by Crippen LogP contribution is -2.49. The first-order valence-corrected chi connectivity index (χ1v) is 15.1. The monoisotopic (exact) mass is 624 g/mol. The number of nitrogens with zero attached hydrogens (tertiary/aromatic N) is 2. The highest BCUT2D eigenvalue weighted by molar-refractivity contribution is 6.00. The molecule has 2 spiro atoms. The minimum Gasteiger partial charge on any atom is -0.444 e. The van der Waals surface area contributed by atoms with Crippen molar-refractivity contribution in [2.75, 3.05) is 40.4 Å². The number of piperidine rings is 2. The quantitative estimate of drug-likeness (QED) is 0.407.